The van der Waals surface area contributed by atoms with Gasteiger partial charge in [0.15, 0.2) is 11.8 Å². The Kier molecular flexibility index (Phi) is 4.07. The Morgan fingerprint density at radius 1 is 1.37 bits per heavy atom. The highest BCUT2D eigenvalue weighted by atomic mass is 15.3. The number of aryl methyl sites for hydroxylation is 1. The van der Waals surface area contributed by atoms with Crippen LogP contribution in [0.15, 0.2) is 4.99 Å². The van der Waals surface area contributed by atoms with Gasteiger partial charge in [-0.05, 0) is 34.1 Å². The molecule has 0 radical (unpaired) electrons. The van der Waals surface area contributed by atoms with Crippen LogP contribution in [-0.2, 0) is 19.5 Å². The Bertz CT molecular complexity index is 454. The second-order valence-electron chi connectivity index (χ2n) is 5.86. The van der Waals surface area contributed by atoms with E-state index in [4.69, 9.17) is 0 Å². The maximum absolute atomic E-state index is 4.59. The second kappa shape index (κ2) is 5.59. The summed E-state index contributed by atoms with van der Waals surface area (Å²) < 4.78 is 2.18. The molecule has 2 N–H and O–H groups in total. The Morgan fingerprint density at radius 2 is 2.16 bits per heavy atom. The number of aromatic nitrogens is 3. The van der Waals surface area contributed by atoms with Gasteiger partial charge in [-0.3, -0.25) is 0 Å². The van der Waals surface area contributed by atoms with Gasteiger partial charge in [0, 0.05) is 25.0 Å². The van der Waals surface area contributed by atoms with Crippen molar-refractivity contribution in [3.63, 3.8) is 0 Å². The van der Waals surface area contributed by atoms with Gasteiger partial charge in [0.25, 0.3) is 0 Å². The molecule has 0 spiro atoms. The van der Waals surface area contributed by atoms with Crippen LogP contribution in [0.4, 0.5) is 0 Å². The molecule has 1 aliphatic heterocycles. The van der Waals surface area contributed by atoms with Crippen molar-refractivity contribution in [3.05, 3.63) is 11.6 Å². The molecule has 0 atom stereocenters. The number of nitrogens with zero attached hydrogens (tertiary/aromatic N) is 4. The van der Waals surface area contributed by atoms with E-state index in [9.17, 15) is 0 Å². The maximum Gasteiger partial charge on any atom is 0.192 e. The van der Waals surface area contributed by atoms with Crippen LogP contribution >= 0.6 is 0 Å². The molecule has 0 saturated heterocycles. The Balaban J connectivity index is 2.05. The molecule has 2 rings (SSSR count). The number of fused-ring (bicyclic) bond motifs is 1. The highest BCUT2D eigenvalue weighted by Crippen LogP contribution is 2.14. The molecule has 0 unspecified atom stereocenters. The van der Waals surface area contributed by atoms with Crippen molar-refractivity contribution in [1.82, 2.24) is 25.4 Å². The first kappa shape index (κ1) is 13.8. The van der Waals surface area contributed by atoms with E-state index in [2.05, 4.69) is 58.1 Å². The standard InChI is InChI=1S/C13H24N6/c1-5-14-12(16-13(2,3)4)15-9-11-18-17-10-7-6-8-19(10)11/h5-9H2,1-4H3,(H2,14,15,16). The van der Waals surface area contributed by atoms with Crippen molar-refractivity contribution in [2.75, 3.05) is 6.54 Å². The van der Waals surface area contributed by atoms with Crippen molar-refractivity contribution < 1.29 is 0 Å². The average Bonchev–Trinajstić information content (AvgIpc) is 2.86. The predicted octanol–water partition coefficient (Wildman–Crippen LogP) is 1.08. The van der Waals surface area contributed by atoms with Crippen LogP contribution in [0.2, 0.25) is 0 Å². The summed E-state index contributed by atoms with van der Waals surface area (Å²) in [6.07, 6.45) is 2.21. The molecule has 0 saturated carbocycles. The zero-order valence-electron chi connectivity index (χ0n) is 12.3. The molecule has 0 aliphatic carbocycles. The second-order valence-corrected chi connectivity index (χ2v) is 5.86. The predicted molar refractivity (Wildman–Crippen MR) is 76.0 cm³/mol. The molecule has 0 aromatic carbocycles. The van der Waals surface area contributed by atoms with E-state index in [0.29, 0.717) is 6.54 Å². The van der Waals surface area contributed by atoms with Crippen LogP contribution in [0.25, 0.3) is 0 Å². The number of aliphatic imine (C=N–C) groups is 1. The van der Waals surface area contributed by atoms with Gasteiger partial charge in [-0.25, -0.2) is 4.99 Å². The summed E-state index contributed by atoms with van der Waals surface area (Å²) in [6, 6.07) is 0. The first-order valence-corrected chi connectivity index (χ1v) is 6.97. The first-order chi connectivity index (χ1) is 8.99. The van der Waals surface area contributed by atoms with E-state index in [1.165, 1.54) is 6.42 Å². The third-order valence-corrected chi connectivity index (χ3v) is 2.90. The number of nitrogens with one attached hydrogen (secondary N) is 2. The normalized spacial score (nSPS) is 15.5. The minimum atomic E-state index is -0.00616. The monoisotopic (exact) mass is 264 g/mol. The van der Waals surface area contributed by atoms with E-state index in [1.54, 1.807) is 0 Å². The summed E-state index contributed by atoms with van der Waals surface area (Å²) in [6.45, 7) is 10.9. The zero-order chi connectivity index (χ0) is 13.9. The lowest BCUT2D eigenvalue weighted by molar-refractivity contribution is 0.501. The lowest BCUT2D eigenvalue weighted by Gasteiger charge is -2.23. The van der Waals surface area contributed by atoms with Crippen molar-refractivity contribution in [2.24, 2.45) is 4.99 Å². The molecular formula is C13H24N6. The summed E-state index contributed by atoms with van der Waals surface area (Å²) in [4.78, 5) is 4.59. The third kappa shape index (κ3) is 3.68. The molecule has 0 bridgehead atoms. The van der Waals surface area contributed by atoms with E-state index >= 15 is 0 Å². The quantitative estimate of drug-likeness (QED) is 0.633. The maximum atomic E-state index is 4.59. The van der Waals surface area contributed by atoms with Gasteiger partial charge < -0.3 is 15.2 Å². The van der Waals surface area contributed by atoms with Gasteiger partial charge in [0.2, 0.25) is 0 Å². The number of rotatable bonds is 3. The van der Waals surface area contributed by atoms with E-state index in [1.807, 2.05) is 0 Å². The van der Waals surface area contributed by atoms with Crippen LogP contribution in [0.5, 0.6) is 0 Å². The molecule has 2 heterocycles. The van der Waals surface area contributed by atoms with Crippen molar-refractivity contribution in [1.29, 1.82) is 0 Å². The summed E-state index contributed by atoms with van der Waals surface area (Å²) in [5, 5.41) is 15.0. The van der Waals surface area contributed by atoms with Gasteiger partial charge in [0.1, 0.15) is 12.4 Å². The van der Waals surface area contributed by atoms with Crippen LogP contribution < -0.4 is 10.6 Å². The Morgan fingerprint density at radius 3 is 2.84 bits per heavy atom. The molecule has 106 valence electrons. The molecule has 0 amide bonds. The van der Waals surface area contributed by atoms with E-state index in [-0.39, 0.29) is 5.54 Å². The van der Waals surface area contributed by atoms with Gasteiger partial charge in [-0.15, -0.1) is 10.2 Å². The van der Waals surface area contributed by atoms with Crippen molar-refractivity contribution in [3.8, 4) is 0 Å². The molecule has 1 aromatic rings. The largest absolute Gasteiger partial charge is 0.357 e. The molecule has 1 aromatic heterocycles. The SMILES string of the molecule is CCNC(=NCc1nnc2n1CCC2)NC(C)(C)C. The molecule has 19 heavy (non-hydrogen) atoms. The molecular weight excluding hydrogens is 240 g/mol. The smallest absolute Gasteiger partial charge is 0.192 e. The number of hydrogen-bond acceptors (Lipinski definition) is 3. The molecule has 1 aliphatic rings. The minimum Gasteiger partial charge on any atom is -0.357 e. The summed E-state index contributed by atoms with van der Waals surface area (Å²) >= 11 is 0. The topological polar surface area (TPSA) is 67.1 Å². The average molecular weight is 264 g/mol. The zero-order valence-corrected chi connectivity index (χ0v) is 12.3. The van der Waals surface area contributed by atoms with Gasteiger partial charge in [0.05, 0.1) is 0 Å². The fraction of sp³-hybridized carbons (Fsp3) is 0.769. The summed E-state index contributed by atoms with van der Waals surface area (Å²) in [5.74, 6) is 2.88. The summed E-state index contributed by atoms with van der Waals surface area (Å²) in [5.41, 5.74) is -0.00616. The minimum absolute atomic E-state index is 0.00616. The highest BCUT2D eigenvalue weighted by Gasteiger charge is 2.17. The Labute approximate surface area is 114 Å². The fourth-order valence-corrected chi connectivity index (χ4v) is 2.14. The summed E-state index contributed by atoms with van der Waals surface area (Å²) in [7, 11) is 0. The first-order valence-electron chi connectivity index (χ1n) is 6.97. The van der Waals surface area contributed by atoms with Crippen LogP contribution in [-0.4, -0.2) is 32.8 Å². The van der Waals surface area contributed by atoms with E-state index in [0.717, 1.165) is 37.1 Å². The third-order valence-electron chi connectivity index (χ3n) is 2.90. The number of hydrogen-bond donors (Lipinski definition) is 2. The molecule has 0 fully saturated rings. The van der Waals surface area contributed by atoms with Crippen LogP contribution in [0, 0.1) is 0 Å². The number of guanidine groups is 1. The lowest BCUT2D eigenvalue weighted by atomic mass is 10.1. The molecule has 6 nitrogen and oxygen atoms in total. The van der Waals surface area contributed by atoms with E-state index < -0.39 is 0 Å². The van der Waals surface area contributed by atoms with Gasteiger partial charge in [-0.1, -0.05) is 0 Å². The highest BCUT2D eigenvalue weighted by molar-refractivity contribution is 5.80. The Hall–Kier alpha value is -1.59. The van der Waals surface area contributed by atoms with Crippen LogP contribution in [0.1, 0.15) is 45.8 Å². The van der Waals surface area contributed by atoms with Crippen molar-refractivity contribution >= 4 is 5.96 Å². The van der Waals surface area contributed by atoms with Gasteiger partial charge >= 0.3 is 0 Å². The fourth-order valence-electron chi connectivity index (χ4n) is 2.14. The lowest BCUT2D eigenvalue weighted by Crippen LogP contribution is -2.47. The molecule has 6 heteroatoms. The van der Waals surface area contributed by atoms with Crippen molar-refractivity contribution in [2.45, 2.75) is 59.2 Å². The van der Waals surface area contributed by atoms with Gasteiger partial charge in [-0.2, -0.15) is 0 Å². The van der Waals surface area contributed by atoms with Crippen LogP contribution in [0.3, 0.4) is 0 Å².